The molecule has 0 saturated carbocycles. The molecule has 1 saturated heterocycles. The Morgan fingerprint density at radius 3 is 2.63 bits per heavy atom. The molecule has 3 rings (SSSR count). The van der Waals surface area contributed by atoms with E-state index in [4.69, 9.17) is 9.47 Å². The number of rotatable bonds is 7. The van der Waals surface area contributed by atoms with E-state index in [1.165, 1.54) is 19.2 Å². The average molecular weight is 414 g/mol. The van der Waals surface area contributed by atoms with Crippen LogP contribution in [-0.4, -0.2) is 36.4 Å². The number of esters is 1. The first-order valence-electron chi connectivity index (χ1n) is 10.1. The van der Waals surface area contributed by atoms with Crippen molar-refractivity contribution >= 4 is 17.4 Å². The number of anilines is 1. The third-order valence-electron chi connectivity index (χ3n) is 5.67. The highest BCUT2D eigenvalue weighted by Gasteiger charge is 2.38. The number of pyridine rings is 1. The molecular weight excluding hydrogens is 387 g/mol. The molecule has 2 heterocycles. The molecule has 1 aliphatic heterocycles. The Labute approximate surface area is 176 Å². The predicted octanol–water partition coefficient (Wildman–Crippen LogP) is 4.39. The van der Waals surface area contributed by atoms with Crippen molar-refractivity contribution in [3.8, 4) is 11.6 Å². The second-order valence-corrected chi connectivity index (χ2v) is 7.73. The summed E-state index contributed by atoms with van der Waals surface area (Å²) in [5, 5.41) is 0. The highest BCUT2D eigenvalue weighted by molar-refractivity contribution is 5.76. The van der Waals surface area contributed by atoms with Gasteiger partial charge in [-0.25, -0.2) is 9.37 Å². The lowest BCUT2D eigenvalue weighted by Crippen LogP contribution is -2.49. The molecule has 1 aromatic carbocycles. The fraction of sp³-hybridized carbons (Fsp3) is 0.435. The van der Waals surface area contributed by atoms with Crippen molar-refractivity contribution in [3.63, 3.8) is 0 Å². The first-order valence-corrected chi connectivity index (χ1v) is 10.1. The van der Waals surface area contributed by atoms with E-state index < -0.39 is 0 Å². The molecule has 0 unspecified atom stereocenters. The van der Waals surface area contributed by atoms with Crippen molar-refractivity contribution in [2.45, 2.75) is 39.2 Å². The van der Waals surface area contributed by atoms with Gasteiger partial charge in [0.1, 0.15) is 23.0 Å². The topological polar surface area (TPSA) is 68.7 Å². The summed E-state index contributed by atoms with van der Waals surface area (Å²) >= 11 is 0. The third-order valence-corrected chi connectivity index (χ3v) is 5.67. The van der Waals surface area contributed by atoms with E-state index in [9.17, 15) is 14.0 Å². The average Bonchev–Trinajstić information content (AvgIpc) is 2.74. The Kier molecular flexibility index (Phi) is 7.03. The van der Waals surface area contributed by atoms with Gasteiger partial charge >= 0.3 is 5.97 Å². The Morgan fingerprint density at radius 2 is 1.97 bits per heavy atom. The maximum atomic E-state index is 13.2. The summed E-state index contributed by atoms with van der Waals surface area (Å²) < 4.78 is 24.2. The van der Waals surface area contributed by atoms with Crippen molar-refractivity contribution in [1.29, 1.82) is 0 Å². The maximum absolute atomic E-state index is 13.2. The number of ether oxygens (including phenoxy) is 2. The zero-order chi connectivity index (χ0) is 21.7. The minimum absolute atomic E-state index is 0.0741. The third kappa shape index (κ3) is 5.14. The van der Waals surface area contributed by atoms with Crippen LogP contribution in [0.2, 0.25) is 0 Å². The van der Waals surface area contributed by atoms with Gasteiger partial charge < -0.3 is 19.2 Å². The van der Waals surface area contributed by atoms with Gasteiger partial charge in [-0.1, -0.05) is 0 Å². The Hall–Kier alpha value is -2.96. The van der Waals surface area contributed by atoms with Crippen molar-refractivity contribution < 1.29 is 23.5 Å². The number of nitrogens with zero attached hydrogens (tertiary/aromatic N) is 2. The second kappa shape index (κ2) is 9.69. The van der Waals surface area contributed by atoms with Crippen LogP contribution in [0.15, 0.2) is 42.6 Å². The molecule has 3 atom stereocenters. The monoisotopic (exact) mass is 414 g/mol. The summed E-state index contributed by atoms with van der Waals surface area (Å²) in [6.07, 6.45) is 3.48. The Balaban J connectivity index is 1.90. The van der Waals surface area contributed by atoms with Crippen LogP contribution in [0, 0.1) is 17.7 Å². The minimum atomic E-state index is -0.345. The van der Waals surface area contributed by atoms with Crippen LogP contribution >= 0.6 is 0 Å². The van der Waals surface area contributed by atoms with Gasteiger partial charge in [-0.3, -0.25) is 4.79 Å². The molecular formula is C23H27FN2O4. The SMILES string of the molecule is COC(=O)[C@H]1C[C@H](CCC(C)=O)[C@H](C)N(c2cccnc2Oc2ccc(F)cc2)C1. The zero-order valence-electron chi connectivity index (χ0n) is 17.5. The number of benzene rings is 1. The number of ketones is 1. The molecule has 7 heteroatoms. The lowest BCUT2D eigenvalue weighted by atomic mass is 9.80. The van der Waals surface area contributed by atoms with Gasteiger partial charge in [-0.2, -0.15) is 0 Å². The molecule has 0 aliphatic carbocycles. The highest BCUT2D eigenvalue weighted by atomic mass is 19.1. The lowest BCUT2D eigenvalue weighted by Gasteiger charge is -2.44. The van der Waals surface area contributed by atoms with Crippen molar-refractivity contribution in [2.24, 2.45) is 11.8 Å². The normalized spacial score (nSPS) is 21.2. The van der Waals surface area contributed by atoms with E-state index in [1.54, 1.807) is 25.3 Å². The van der Waals surface area contributed by atoms with Crippen LogP contribution in [0.4, 0.5) is 10.1 Å². The zero-order valence-corrected chi connectivity index (χ0v) is 17.5. The number of hydrogen-bond donors (Lipinski definition) is 0. The molecule has 1 aromatic heterocycles. The van der Waals surface area contributed by atoms with Gasteiger partial charge in [0, 0.05) is 25.2 Å². The van der Waals surface area contributed by atoms with E-state index in [0.717, 1.165) is 5.69 Å². The molecule has 0 spiro atoms. The maximum Gasteiger partial charge on any atom is 0.310 e. The molecule has 0 radical (unpaired) electrons. The summed E-state index contributed by atoms with van der Waals surface area (Å²) in [7, 11) is 1.39. The Morgan fingerprint density at radius 1 is 1.23 bits per heavy atom. The van der Waals surface area contributed by atoms with E-state index >= 15 is 0 Å². The number of hydrogen-bond acceptors (Lipinski definition) is 6. The van der Waals surface area contributed by atoms with E-state index in [2.05, 4.69) is 16.8 Å². The molecule has 0 N–H and O–H groups in total. The molecule has 1 aliphatic rings. The fourth-order valence-corrected chi connectivity index (χ4v) is 3.99. The lowest BCUT2D eigenvalue weighted by molar-refractivity contribution is -0.146. The molecule has 6 nitrogen and oxygen atoms in total. The first kappa shape index (κ1) is 21.7. The molecule has 2 aromatic rings. The van der Waals surface area contributed by atoms with Crippen molar-refractivity contribution in [2.75, 3.05) is 18.6 Å². The quantitative estimate of drug-likeness (QED) is 0.626. The van der Waals surface area contributed by atoms with Crippen LogP contribution in [0.1, 0.15) is 33.1 Å². The Bertz CT molecular complexity index is 887. The summed E-state index contributed by atoms with van der Waals surface area (Å²) in [6.45, 7) is 4.14. The number of aromatic nitrogens is 1. The molecule has 30 heavy (non-hydrogen) atoms. The number of carbonyl (C=O) groups is 2. The van der Waals surface area contributed by atoms with Crippen LogP contribution < -0.4 is 9.64 Å². The molecule has 160 valence electrons. The van der Waals surface area contributed by atoms with Gasteiger partial charge in [0.05, 0.1) is 13.0 Å². The molecule has 0 amide bonds. The standard InChI is InChI=1S/C23H27FN2O4/c1-15(27)6-7-17-13-18(23(28)29-3)14-26(16(17)2)21-5-4-12-25-22(21)30-20-10-8-19(24)9-11-20/h4-5,8-12,16-18H,6-7,13-14H2,1-3H3/t16-,17-,18-/m0/s1. The van der Waals surface area contributed by atoms with Crippen molar-refractivity contribution in [1.82, 2.24) is 4.98 Å². The number of piperidine rings is 1. The van der Waals surface area contributed by atoms with E-state index in [0.29, 0.717) is 37.4 Å². The highest BCUT2D eigenvalue weighted by Crippen LogP contribution is 2.39. The van der Waals surface area contributed by atoms with E-state index in [1.807, 2.05) is 12.1 Å². The number of Topliss-reactive ketones (excluding diaryl/α,β-unsaturated/α-hetero) is 1. The summed E-state index contributed by atoms with van der Waals surface area (Å²) in [5.41, 5.74) is 0.746. The largest absolute Gasteiger partial charge is 0.469 e. The van der Waals surface area contributed by atoms with Gasteiger partial charge in [0.2, 0.25) is 5.88 Å². The summed E-state index contributed by atoms with van der Waals surface area (Å²) in [6, 6.07) is 9.51. The molecule has 1 fully saturated rings. The van der Waals surface area contributed by atoms with Crippen LogP contribution in [0.25, 0.3) is 0 Å². The van der Waals surface area contributed by atoms with Gasteiger partial charge in [0.25, 0.3) is 0 Å². The number of methoxy groups -OCH3 is 1. The fourth-order valence-electron chi connectivity index (χ4n) is 3.99. The number of carbonyl (C=O) groups excluding carboxylic acids is 2. The molecule has 0 bridgehead atoms. The van der Waals surface area contributed by atoms with E-state index in [-0.39, 0.29) is 35.4 Å². The first-order chi connectivity index (χ1) is 14.4. The van der Waals surface area contributed by atoms with Crippen LogP contribution in [0.5, 0.6) is 11.6 Å². The minimum Gasteiger partial charge on any atom is -0.469 e. The van der Waals surface area contributed by atoms with Gasteiger partial charge in [-0.05, 0) is 69.0 Å². The second-order valence-electron chi connectivity index (χ2n) is 7.73. The van der Waals surface area contributed by atoms with Gasteiger partial charge in [0.15, 0.2) is 0 Å². The van der Waals surface area contributed by atoms with Crippen LogP contribution in [0.3, 0.4) is 0 Å². The van der Waals surface area contributed by atoms with Crippen molar-refractivity contribution in [3.05, 3.63) is 48.4 Å². The van der Waals surface area contributed by atoms with Crippen LogP contribution in [-0.2, 0) is 14.3 Å². The summed E-state index contributed by atoms with van der Waals surface area (Å²) in [4.78, 5) is 30.3. The predicted molar refractivity (Wildman–Crippen MR) is 111 cm³/mol. The smallest absolute Gasteiger partial charge is 0.310 e. The number of halogens is 1. The van der Waals surface area contributed by atoms with Gasteiger partial charge in [-0.15, -0.1) is 0 Å². The summed E-state index contributed by atoms with van der Waals surface area (Å²) in [5.74, 6) is 0.223.